The fourth-order valence-electron chi connectivity index (χ4n) is 4.28. The quantitative estimate of drug-likeness (QED) is 0.203. The highest BCUT2D eigenvalue weighted by Gasteiger charge is 2.24. The van der Waals surface area contributed by atoms with Crippen molar-refractivity contribution in [3.8, 4) is 39.6 Å². The van der Waals surface area contributed by atoms with E-state index in [4.69, 9.17) is 48.1 Å². The van der Waals surface area contributed by atoms with Crippen LogP contribution in [0.15, 0.2) is 66.7 Å². The molecule has 0 aliphatic rings. The number of nitrogen functional groups attached to an aromatic ring is 1. The van der Waals surface area contributed by atoms with Crippen LogP contribution in [0.25, 0.3) is 32.6 Å². The molecule has 0 spiro atoms. The molecule has 0 aliphatic heterocycles. The normalized spacial score (nSPS) is 11.0. The van der Waals surface area contributed by atoms with E-state index in [1.165, 1.54) is 11.3 Å². The van der Waals surface area contributed by atoms with Gasteiger partial charge in [0.25, 0.3) is 0 Å². The number of halogens is 2. The topological polar surface area (TPSA) is 83.7 Å². The van der Waals surface area contributed by atoms with Crippen molar-refractivity contribution in [2.24, 2.45) is 0 Å². The molecule has 0 aliphatic carbocycles. The minimum absolute atomic E-state index is 0.263. The van der Waals surface area contributed by atoms with Crippen molar-refractivity contribution >= 4 is 56.2 Å². The Bertz CT molecular complexity index is 1660. The van der Waals surface area contributed by atoms with E-state index < -0.39 is 0 Å². The van der Waals surface area contributed by atoms with Gasteiger partial charge in [0.15, 0.2) is 11.5 Å². The standard InChI is InChI=1S/C29H22Cl2N2O4S/c1-35-22-12-17(13-23(36-2)27(22)37-3)18-14-21(15-7-5-4-6-8-15)33-29-24(18)25(32)28(38-29)26(34)16-9-10-19(30)20(31)11-16/h4-14H,32H2,1-3H3. The molecule has 0 bridgehead atoms. The molecule has 5 rings (SSSR count). The number of pyridine rings is 1. The van der Waals surface area contributed by atoms with Crippen molar-refractivity contribution in [1.29, 1.82) is 0 Å². The number of ketones is 1. The molecule has 2 aromatic heterocycles. The van der Waals surface area contributed by atoms with Gasteiger partial charge in [-0.15, -0.1) is 11.3 Å². The van der Waals surface area contributed by atoms with Gasteiger partial charge in [-0.05, 0) is 47.5 Å². The Morgan fingerprint density at radius 2 is 1.53 bits per heavy atom. The van der Waals surface area contributed by atoms with E-state index in [1.54, 1.807) is 39.5 Å². The highest BCUT2D eigenvalue weighted by Crippen LogP contribution is 2.46. The summed E-state index contributed by atoms with van der Waals surface area (Å²) in [4.78, 5) is 19.4. The summed E-state index contributed by atoms with van der Waals surface area (Å²) in [6, 6.07) is 20.2. The van der Waals surface area contributed by atoms with Crippen molar-refractivity contribution < 1.29 is 19.0 Å². The molecule has 0 saturated heterocycles. The second-order valence-electron chi connectivity index (χ2n) is 8.32. The zero-order chi connectivity index (χ0) is 27.0. The summed E-state index contributed by atoms with van der Waals surface area (Å²) in [7, 11) is 4.67. The zero-order valence-corrected chi connectivity index (χ0v) is 23.0. The molecule has 3 aromatic carbocycles. The molecule has 2 heterocycles. The van der Waals surface area contributed by atoms with Gasteiger partial charge in [-0.25, -0.2) is 4.98 Å². The summed E-state index contributed by atoms with van der Waals surface area (Å²) >= 11 is 13.5. The van der Waals surface area contributed by atoms with E-state index in [0.29, 0.717) is 53.6 Å². The number of anilines is 1. The van der Waals surface area contributed by atoms with E-state index in [-0.39, 0.29) is 5.78 Å². The van der Waals surface area contributed by atoms with Crippen LogP contribution >= 0.6 is 34.5 Å². The lowest BCUT2D eigenvalue weighted by atomic mass is 9.98. The van der Waals surface area contributed by atoms with Crippen molar-refractivity contribution in [3.05, 3.63) is 87.2 Å². The predicted molar refractivity (Wildman–Crippen MR) is 154 cm³/mol. The first-order chi connectivity index (χ1) is 18.4. The summed E-state index contributed by atoms with van der Waals surface area (Å²) in [6.07, 6.45) is 0. The summed E-state index contributed by atoms with van der Waals surface area (Å²) in [5.41, 5.74) is 10.6. The fourth-order valence-corrected chi connectivity index (χ4v) is 5.66. The SMILES string of the molecule is COc1cc(-c2cc(-c3ccccc3)nc3sc(C(=O)c4ccc(Cl)c(Cl)c4)c(N)c23)cc(OC)c1OC. The third kappa shape index (κ3) is 4.53. The number of thiophene rings is 1. The van der Waals surface area contributed by atoms with Crippen molar-refractivity contribution in [2.75, 3.05) is 27.1 Å². The molecule has 0 amide bonds. The summed E-state index contributed by atoms with van der Waals surface area (Å²) in [5.74, 6) is 1.20. The lowest BCUT2D eigenvalue weighted by molar-refractivity contribution is 0.104. The molecular formula is C29H22Cl2N2O4S. The van der Waals surface area contributed by atoms with Crippen LogP contribution in [0.5, 0.6) is 17.2 Å². The summed E-state index contributed by atoms with van der Waals surface area (Å²) in [6.45, 7) is 0. The van der Waals surface area contributed by atoms with Crippen LogP contribution in [-0.2, 0) is 0 Å². The third-order valence-corrected chi connectivity index (χ3v) is 7.97. The zero-order valence-electron chi connectivity index (χ0n) is 20.7. The van der Waals surface area contributed by atoms with E-state index >= 15 is 0 Å². The van der Waals surface area contributed by atoms with Crippen molar-refractivity contribution in [3.63, 3.8) is 0 Å². The van der Waals surface area contributed by atoms with Crippen molar-refractivity contribution in [1.82, 2.24) is 4.98 Å². The Morgan fingerprint density at radius 3 is 2.13 bits per heavy atom. The molecule has 0 radical (unpaired) electrons. The molecule has 6 nitrogen and oxygen atoms in total. The number of carbonyl (C=O) groups is 1. The molecule has 5 aromatic rings. The number of hydrogen-bond donors (Lipinski definition) is 1. The monoisotopic (exact) mass is 564 g/mol. The maximum Gasteiger partial charge on any atom is 0.205 e. The smallest absolute Gasteiger partial charge is 0.205 e. The molecular weight excluding hydrogens is 543 g/mol. The first-order valence-electron chi connectivity index (χ1n) is 11.4. The average molecular weight is 565 g/mol. The molecule has 0 unspecified atom stereocenters. The maximum absolute atomic E-state index is 13.5. The van der Waals surface area contributed by atoms with Gasteiger partial charge < -0.3 is 19.9 Å². The van der Waals surface area contributed by atoms with E-state index in [0.717, 1.165) is 22.4 Å². The number of nitrogens with zero attached hydrogens (tertiary/aromatic N) is 1. The number of benzene rings is 3. The Labute approximate surface area is 233 Å². The van der Waals surface area contributed by atoms with Crippen LogP contribution in [-0.4, -0.2) is 32.1 Å². The average Bonchev–Trinajstić information content (AvgIpc) is 3.29. The lowest BCUT2D eigenvalue weighted by Crippen LogP contribution is -2.02. The lowest BCUT2D eigenvalue weighted by Gasteiger charge is -2.15. The van der Waals surface area contributed by atoms with Gasteiger partial charge in [0.05, 0.1) is 42.8 Å². The first kappa shape index (κ1) is 25.9. The van der Waals surface area contributed by atoms with Crippen LogP contribution in [0.3, 0.4) is 0 Å². The molecule has 0 atom stereocenters. The van der Waals surface area contributed by atoms with Crippen LogP contribution in [0.4, 0.5) is 5.69 Å². The molecule has 2 N–H and O–H groups in total. The van der Waals surface area contributed by atoms with Crippen LogP contribution < -0.4 is 19.9 Å². The Morgan fingerprint density at radius 1 is 0.842 bits per heavy atom. The van der Waals surface area contributed by atoms with E-state index in [9.17, 15) is 4.79 Å². The second kappa shape index (κ2) is 10.5. The largest absolute Gasteiger partial charge is 0.493 e. The first-order valence-corrected chi connectivity index (χ1v) is 13.0. The molecule has 0 saturated carbocycles. The maximum atomic E-state index is 13.5. The molecule has 9 heteroatoms. The Hall–Kier alpha value is -3.78. The van der Waals surface area contributed by atoms with E-state index in [2.05, 4.69) is 0 Å². The fraction of sp³-hybridized carbons (Fsp3) is 0.103. The number of hydrogen-bond acceptors (Lipinski definition) is 7. The van der Waals surface area contributed by atoms with Gasteiger partial charge in [-0.1, -0.05) is 53.5 Å². The van der Waals surface area contributed by atoms with Gasteiger partial charge in [-0.2, -0.15) is 0 Å². The van der Waals surface area contributed by atoms with Gasteiger partial charge in [0.1, 0.15) is 9.71 Å². The molecule has 192 valence electrons. The van der Waals surface area contributed by atoms with Gasteiger partial charge in [0, 0.05) is 16.5 Å². The Kier molecular flexibility index (Phi) is 7.17. The second-order valence-corrected chi connectivity index (χ2v) is 10.1. The van der Waals surface area contributed by atoms with Crippen LogP contribution in [0, 0.1) is 0 Å². The minimum atomic E-state index is -0.263. The number of fused-ring (bicyclic) bond motifs is 1. The summed E-state index contributed by atoms with van der Waals surface area (Å²) in [5, 5.41) is 1.32. The van der Waals surface area contributed by atoms with Crippen LogP contribution in [0.2, 0.25) is 10.0 Å². The predicted octanol–water partition coefficient (Wildman–Crippen LogP) is 7.78. The number of aromatic nitrogens is 1. The van der Waals surface area contributed by atoms with Gasteiger partial charge in [-0.3, -0.25) is 4.79 Å². The minimum Gasteiger partial charge on any atom is -0.493 e. The van der Waals surface area contributed by atoms with Crippen LogP contribution in [0.1, 0.15) is 15.2 Å². The van der Waals surface area contributed by atoms with Gasteiger partial charge >= 0.3 is 0 Å². The molecule has 0 fully saturated rings. The third-order valence-electron chi connectivity index (χ3n) is 6.13. The highest BCUT2D eigenvalue weighted by molar-refractivity contribution is 7.21. The number of ether oxygens (including phenoxy) is 3. The number of methoxy groups -OCH3 is 3. The number of nitrogens with two attached hydrogens (primary N) is 1. The highest BCUT2D eigenvalue weighted by atomic mass is 35.5. The number of rotatable bonds is 7. The van der Waals surface area contributed by atoms with Crippen molar-refractivity contribution in [2.45, 2.75) is 0 Å². The van der Waals surface area contributed by atoms with E-state index in [1.807, 2.05) is 48.5 Å². The molecule has 38 heavy (non-hydrogen) atoms. The van der Waals surface area contributed by atoms with Gasteiger partial charge in [0.2, 0.25) is 11.5 Å². The Balaban J connectivity index is 1.79. The summed E-state index contributed by atoms with van der Waals surface area (Å²) < 4.78 is 16.7. The number of carbonyl (C=O) groups excluding carboxylic acids is 1.